The molecule has 0 amide bonds. The Kier molecular flexibility index (Phi) is 5.50. The number of halogens is 1. The van der Waals surface area contributed by atoms with Crippen LogP contribution in [0.15, 0.2) is 36.4 Å². The standard InChI is InChI=1S/C18H19ClO4/c1-11-4-6-15(8-12(11)2)23-17(18(20)21)10-13-9-14(19)5-7-16(13)22-3/h4-9,17H,10H2,1-3H3,(H,20,21). The van der Waals surface area contributed by atoms with Gasteiger partial charge >= 0.3 is 5.97 Å². The fourth-order valence-electron chi connectivity index (χ4n) is 2.24. The second-order valence-electron chi connectivity index (χ2n) is 5.35. The van der Waals surface area contributed by atoms with Crippen LogP contribution in [0.1, 0.15) is 16.7 Å². The number of methoxy groups -OCH3 is 1. The van der Waals surface area contributed by atoms with Crippen molar-refractivity contribution in [1.82, 2.24) is 0 Å². The maximum atomic E-state index is 11.5. The van der Waals surface area contributed by atoms with Gasteiger partial charge in [-0.2, -0.15) is 0 Å². The fourth-order valence-corrected chi connectivity index (χ4v) is 2.43. The van der Waals surface area contributed by atoms with Crippen LogP contribution >= 0.6 is 11.6 Å². The highest BCUT2D eigenvalue weighted by atomic mass is 35.5. The van der Waals surface area contributed by atoms with E-state index in [1.54, 1.807) is 24.3 Å². The van der Waals surface area contributed by atoms with Crippen LogP contribution in [0, 0.1) is 13.8 Å². The first-order valence-electron chi connectivity index (χ1n) is 7.20. The molecular weight excluding hydrogens is 316 g/mol. The molecule has 0 saturated heterocycles. The van der Waals surface area contributed by atoms with Crippen LogP contribution in [0.25, 0.3) is 0 Å². The Morgan fingerprint density at radius 2 is 1.91 bits per heavy atom. The molecule has 0 spiro atoms. The Balaban J connectivity index is 2.24. The molecule has 0 aliphatic rings. The molecule has 0 aliphatic carbocycles. The monoisotopic (exact) mass is 334 g/mol. The second-order valence-corrected chi connectivity index (χ2v) is 5.79. The molecular formula is C18H19ClO4. The number of hydrogen-bond donors (Lipinski definition) is 1. The van der Waals surface area contributed by atoms with E-state index in [-0.39, 0.29) is 6.42 Å². The third-order valence-corrected chi connectivity index (χ3v) is 3.92. The average Bonchev–Trinajstić information content (AvgIpc) is 2.50. The van der Waals surface area contributed by atoms with E-state index in [1.165, 1.54) is 7.11 Å². The Labute approximate surface area is 140 Å². The summed E-state index contributed by atoms with van der Waals surface area (Å²) in [6, 6.07) is 10.6. The lowest BCUT2D eigenvalue weighted by molar-refractivity contribution is -0.145. The van der Waals surface area contributed by atoms with Crippen LogP contribution in [-0.2, 0) is 11.2 Å². The van der Waals surface area contributed by atoms with E-state index in [0.717, 1.165) is 11.1 Å². The van der Waals surface area contributed by atoms with E-state index in [4.69, 9.17) is 21.1 Å². The van der Waals surface area contributed by atoms with Gasteiger partial charge in [0.15, 0.2) is 6.10 Å². The minimum Gasteiger partial charge on any atom is -0.496 e. The van der Waals surface area contributed by atoms with E-state index < -0.39 is 12.1 Å². The first-order valence-corrected chi connectivity index (χ1v) is 7.57. The molecule has 23 heavy (non-hydrogen) atoms. The molecule has 1 unspecified atom stereocenters. The summed E-state index contributed by atoms with van der Waals surface area (Å²) in [6.07, 6.45) is -0.865. The number of carbonyl (C=O) groups is 1. The lowest BCUT2D eigenvalue weighted by Gasteiger charge is -2.17. The molecule has 0 aromatic heterocycles. The van der Waals surface area contributed by atoms with Crippen LogP contribution in [0.3, 0.4) is 0 Å². The lowest BCUT2D eigenvalue weighted by atomic mass is 10.1. The summed E-state index contributed by atoms with van der Waals surface area (Å²) in [5.41, 5.74) is 2.86. The summed E-state index contributed by atoms with van der Waals surface area (Å²) in [4.78, 5) is 11.5. The van der Waals surface area contributed by atoms with Gasteiger partial charge in [0.2, 0.25) is 0 Å². The third kappa shape index (κ3) is 4.39. The van der Waals surface area contributed by atoms with Crippen LogP contribution in [0.4, 0.5) is 0 Å². The van der Waals surface area contributed by atoms with Gasteiger partial charge in [-0.1, -0.05) is 17.7 Å². The highest BCUT2D eigenvalue weighted by Gasteiger charge is 2.22. The van der Waals surface area contributed by atoms with E-state index in [9.17, 15) is 9.90 Å². The Hall–Kier alpha value is -2.20. The van der Waals surface area contributed by atoms with Gasteiger partial charge in [0.05, 0.1) is 7.11 Å². The molecule has 0 heterocycles. The van der Waals surface area contributed by atoms with Crippen molar-refractivity contribution in [2.45, 2.75) is 26.4 Å². The number of aryl methyl sites for hydroxylation is 2. The molecule has 0 bridgehead atoms. The number of carboxylic acid groups (broad SMARTS) is 1. The quantitative estimate of drug-likeness (QED) is 0.866. The van der Waals surface area contributed by atoms with Gasteiger partial charge in [-0.15, -0.1) is 0 Å². The lowest BCUT2D eigenvalue weighted by Crippen LogP contribution is -2.29. The van der Waals surface area contributed by atoms with Crippen LogP contribution in [0.2, 0.25) is 5.02 Å². The molecule has 1 atom stereocenters. The molecule has 2 aromatic carbocycles. The van der Waals surface area contributed by atoms with E-state index in [1.807, 2.05) is 26.0 Å². The van der Waals surface area contributed by atoms with Crippen LogP contribution in [-0.4, -0.2) is 24.3 Å². The Bertz CT molecular complexity index is 712. The molecule has 2 aromatic rings. The first kappa shape index (κ1) is 17.2. The Morgan fingerprint density at radius 1 is 1.17 bits per heavy atom. The molecule has 0 fully saturated rings. The van der Waals surface area contributed by atoms with Gasteiger partial charge in [-0.25, -0.2) is 4.79 Å². The minimum absolute atomic E-state index is 0.159. The number of aliphatic carboxylic acids is 1. The third-order valence-electron chi connectivity index (χ3n) is 3.68. The maximum Gasteiger partial charge on any atom is 0.345 e. The normalized spacial score (nSPS) is 11.8. The van der Waals surface area contributed by atoms with Crippen molar-refractivity contribution in [3.05, 3.63) is 58.1 Å². The van der Waals surface area contributed by atoms with Gasteiger partial charge in [0, 0.05) is 11.4 Å². The molecule has 2 rings (SSSR count). The molecule has 122 valence electrons. The van der Waals surface area contributed by atoms with E-state index in [2.05, 4.69) is 0 Å². The topological polar surface area (TPSA) is 55.8 Å². The minimum atomic E-state index is -1.04. The van der Waals surface area contributed by atoms with Gasteiger partial charge < -0.3 is 14.6 Å². The van der Waals surface area contributed by atoms with Gasteiger partial charge in [-0.3, -0.25) is 0 Å². The number of hydrogen-bond acceptors (Lipinski definition) is 3. The molecule has 0 saturated carbocycles. The summed E-state index contributed by atoms with van der Waals surface area (Å²) in [6.45, 7) is 3.95. The van der Waals surface area contributed by atoms with Crippen molar-refractivity contribution in [2.75, 3.05) is 7.11 Å². The largest absolute Gasteiger partial charge is 0.496 e. The van der Waals surface area contributed by atoms with Crippen molar-refractivity contribution < 1.29 is 19.4 Å². The van der Waals surface area contributed by atoms with Crippen molar-refractivity contribution in [3.8, 4) is 11.5 Å². The average molecular weight is 335 g/mol. The summed E-state index contributed by atoms with van der Waals surface area (Å²) in [7, 11) is 1.53. The summed E-state index contributed by atoms with van der Waals surface area (Å²) in [5, 5.41) is 9.98. The predicted molar refractivity (Wildman–Crippen MR) is 89.7 cm³/mol. The van der Waals surface area contributed by atoms with Crippen molar-refractivity contribution in [3.63, 3.8) is 0 Å². The Morgan fingerprint density at radius 3 is 2.52 bits per heavy atom. The summed E-state index contributed by atoms with van der Waals surface area (Å²) < 4.78 is 10.9. The van der Waals surface area contributed by atoms with Crippen molar-refractivity contribution in [1.29, 1.82) is 0 Å². The molecule has 0 aliphatic heterocycles. The van der Waals surface area contributed by atoms with Crippen LogP contribution in [0.5, 0.6) is 11.5 Å². The van der Waals surface area contributed by atoms with Crippen molar-refractivity contribution >= 4 is 17.6 Å². The smallest absolute Gasteiger partial charge is 0.345 e. The maximum absolute atomic E-state index is 11.5. The molecule has 4 nitrogen and oxygen atoms in total. The summed E-state index contributed by atoms with van der Waals surface area (Å²) in [5.74, 6) is 0.0797. The fraction of sp³-hybridized carbons (Fsp3) is 0.278. The van der Waals surface area contributed by atoms with E-state index in [0.29, 0.717) is 22.1 Å². The zero-order valence-corrected chi connectivity index (χ0v) is 14.1. The highest BCUT2D eigenvalue weighted by Crippen LogP contribution is 2.26. The number of benzene rings is 2. The van der Waals surface area contributed by atoms with Gasteiger partial charge in [-0.05, 0) is 60.9 Å². The van der Waals surface area contributed by atoms with Gasteiger partial charge in [0.1, 0.15) is 11.5 Å². The summed E-state index contributed by atoms with van der Waals surface area (Å²) >= 11 is 5.99. The molecule has 5 heteroatoms. The number of ether oxygens (including phenoxy) is 2. The zero-order chi connectivity index (χ0) is 17.0. The molecule has 0 radical (unpaired) electrons. The zero-order valence-electron chi connectivity index (χ0n) is 13.3. The number of rotatable bonds is 6. The van der Waals surface area contributed by atoms with Gasteiger partial charge in [0.25, 0.3) is 0 Å². The first-order chi connectivity index (χ1) is 10.9. The number of carboxylic acids is 1. The van der Waals surface area contributed by atoms with Crippen molar-refractivity contribution in [2.24, 2.45) is 0 Å². The van der Waals surface area contributed by atoms with E-state index >= 15 is 0 Å². The SMILES string of the molecule is COc1ccc(Cl)cc1CC(Oc1ccc(C)c(C)c1)C(=O)O. The van der Waals surface area contributed by atoms with Crippen LogP contribution < -0.4 is 9.47 Å². The second kappa shape index (κ2) is 7.38. The molecule has 1 N–H and O–H groups in total. The predicted octanol–water partition coefficient (Wildman–Crippen LogP) is 4.04. The highest BCUT2D eigenvalue weighted by molar-refractivity contribution is 6.30.